The lowest BCUT2D eigenvalue weighted by molar-refractivity contribution is 0.392. The average Bonchev–Trinajstić information content (AvgIpc) is 2.91. The standard InChI is InChI=1S/C14H16N4O3/c1-6(13-7(2)18-21-8(13)3)16-10-5-11-12(4-9(10)15)20-14(19)17-11/h4-6,16H,15H2,1-3H3,(H,17,19). The van der Waals surface area contributed by atoms with E-state index in [1.54, 1.807) is 12.1 Å². The lowest BCUT2D eigenvalue weighted by Crippen LogP contribution is -2.10. The van der Waals surface area contributed by atoms with Crippen LogP contribution in [0.15, 0.2) is 25.9 Å². The van der Waals surface area contributed by atoms with Crippen molar-refractivity contribution in [3.8, 4) is 0 Å². The van der Waals surface area contributed by atoms with Gasteiger partial charge in [-0.25, -0.2) is 4.79 Å². The molecule has 0 bridgehead atoms. The normalized spacial score (nSPS) is 12.7. The van der Waals surface area contributed by atoms with E-state index in [0.717, 1.165) is 17.0 Å². The van der Waals surface area contributed by atoms with E-state index >= 15 is 0 Å². The van der Waals surface area contributed by atoms with Gasteiger partial charge in [-0.15, -0.1) is 0 Å². The minimum absolute atomic E-state index is 0.0328. The molecule has 1 unspecified atom stereocenters. The highest BCUT2D eigenvalue weighted by Crippen LogP contribution is 2.30. The quantitative estimate of drug-likeness (QED) is 0.639. The highest BCUT2D eigenvalue weighted by atomic mass is 16.5. The number of H-pyrrole nitrogens is 1. The monoisotopic (exact) mass is 288 g/mol. The number of hydrogen-bond acceptors (Lipinski definition) is 6. The smallest absolute Gasteiger partial charge is 0.408 e. The van der Waals surface area contributed by atoms with Gasteiger partial charge in [0.05, 0.1) is 28.6 Å². The average molecular weight is 288 g/mol. The van der Waals surface area contributed by atoms with E-state index in [4.69, 9.17) is 14.7 Å². The van der Waals surface area contributed by atoms with Crippen molar-refractivity contribution in [2.75, 3.05) is 11.1 Å². The molecule has 7 heteroatoms. The molecule has 3 aromatic rings. The number of aryl methyl sites for hydroxylation is 2. The summed E-state index contributed by atoms with van der Waals surface area (Å²) < 4.78 is 10.1. The topological polar surface area (TPSA) is 110 Å². The molecule has 2 heterocycles. The second-order valence-electron chi connectivity index (χ2n) is 5.05. The zero-order chi connectivity index (χ0) is 15.1. The van der Waals surface area contributed by atoms with E-state index in [2.05, 4.69) is 15.5 Å². The minimum atomic E-state index is -0.500. The number of oxazole rings is 1. The molecule has 0 fully saturated rings. The van der Waals surface area contributed by atoms with Gasteiger partial charge in [-0.05, 0) is 26.8 Å². The number of hydrogen-bond donors (Lipinski definition) is 3. The molecule has 4 N–H and O–H groups in total. The first-order chi connectivity index (χ1) is 9.95. The van der Waals surface area contributed by atoms with Gasteiger partial charge in [-0.1, -0.05) is 5.16 Å². The summed E-state index contributed by atoms with van der Waals surface area (Å²) in [5, 5.41) is 7.25. The van der Waals surface area contributed by atoms with Gasteiger partial charge in [-0.3, -0.25) is 4.98 Å². The first-order valence-corrected chi connectivity index (χ1v) is 6.57. The number of nitrogens with zero attached hydrogens (tertiary/aromatic N) is 1. The number of aromatic nitrogens is 2. The van der Waals surface area contributed by atoms with Gasteiger partial charge in [0, 0.05) is 11.6 Å². The Morgan fingerprint density at radius 2 is 2.14 bits per heavy atom. The molecule has 7 nitrogen and oxygen atoms in total. The van der Waals surface area contributed by atoms with Gasteiger partial charge in [0.15, 0.2) is 5.58 Å². The first-order valence-electron chi connectivity index (χ1n) is 6.57. The van der Waals surface area contributed by atoms with Crippen LogP contribution < -0.4 is 16.8 Å². The van der Waals surface area contributed by atoms with Crippen LogP contribution in [0.5, 0.6) is 0 Å². The lowest BCUT2D eigenvalue weighted by atomic mass is 10.1. The third kappa shape index (κ3) is 2.26. The van der Waals surface area contributed by atoms with Crippen LogP contribution in [0.1, 0.15) is 30.0 Å². The van der Waals surface area contributed by atoms with Crippen molar-refractivity contribution in [1.29, 1.82) is 0 Å². The van der Waals surface area contributed by atoms with Crippen LogP contribution >= 0.6 is 0 Å². The molecule has 0 spiro atoms. The van der Waals surface area contributed by atoms with Crippen molar-refractivity contribution in [3.63, 3.8) is 0 Å². The summed E-state index contributed by atoms with van der Waals surface area (Å²) in [6, 6.07) is 3.34. The zero-order valence-corrected chi connectivity index (χ0v) is 12.0. The van der Waals surface area contributed by atoms with Crippen molar-refractivity contribution >= 4 is 22.5 Å². The number of fused-ring (bicyclic) bond motifs is 1. The summed E-state index contributed by atoms with van der Waals surface area (Å²) in [4.78, 5) is 13.8. The summed E-state index contributed by atoms with van der Waals surface area (Å²) in [7, 11) is 0. The molecule has 110 valence electrons. The van der Waals surface area contributed by atoms with Gasteiger partial charge >= 0.3 is 5.76 Å². The van der Waals surface area contributed by atoms with Crippen molar-refractivity contribution in [1.82, 2.24) is 10.1 Å². The summed E-state index contributed by atoms with van der Waals surface area (Å²) in [5.41, 5.74) is 10.1. The molecule has 3 rings (SSSR count). The maximum Gasteiger partial charge on any atom is 0.417 e. The Morgan fingerprint density at radius 1 is 1.38 bits per heavy atom. The van der Waals surface area contributed by atoms with E-state index in [0.29, 0.717) is 22.5 Å². The van der Waals surface area contributed by atoms with Crippen molar-refractivity contribution < 1.29 is 8.94 Å². The Balaban J connectivity index is 1.97. The number of nitrogen functional groups attached to an aromatic ring is 1. The predicted molar refractivity (Wildman–Crippen MR) is 79.3 cm³/mol. The second-order valence-corrected chi connectivity index (χ2v) is 5.05. The van der Waals surface area contributed by atoms with Gasteiger partial charge in [0.25, 0.3) is 0 Å². The van der Waals surface area contributed by atoms with Gasteiger partial charge in [0.1, 0.15) is 5.76 Å². The first kappa shape index (κ1) is 13.3. The van der Waals surface area contributed by atoms with Crippen LogP contribution in [0.25, 0.3) is 11.1 Å². The minimum Gasteiger partial charge on any atom is -0.408 e. The molecular formula is C14H16N4O3. The molecule has 1 aromatic carbocycles. The molecule has 2 aromatic heterocycles. The van der Waals surface area contributed by atoms with E-state index in [-0.39, 0.29) is 6.04 Å². The molecule has 0 radical (unpaired) electrons. The Bertz CT molecular complexity index is 839. The summed E-state index contributed by atoms with van der Waals surface area (Å²) in [5.74, 6) is 0.268. The summed E-state index contributed by atoms with van der Waals surface area (Å²) >= 11 is 0. The van der Waals surface area contributed by atoms with Crippen LogP contribution in [0.2, 0.25) is 0 Å². The molecule has 21 heavy (non-hydrogen) atoms. The fourth-order valence-electron chi connectivity index (χ4n) is 2.55. The fourth-order valence-corrected chi connectivity index (χ4v) is 2.55. The van der Waals surface area contributed by atoms with Gasteiger partial charge < -0.3 is 20.0 Å². The maximum absolute atomic E-state index is 11.2. The van der Waals surface area contributed by atoms with E-state index in [1.807, 2.05) is 20.8 Å². The number of anilines is 2. The van der Waals surface area contributed by atoms with Crippen LogP contribution in [0, 0.1) is 13.8 Å². The number of rotatable bonds is 3. The Kier molecular flexibility index (Phi) is 2.97. The number of aromatic amines is 1. The number of benzene rings is 1. The Morgan fingerprint density at radius 3 is 2.81 bits per heavy atom. The highest BCUT2D eigenvalue weighted by Gasteiger charge is 2.17. The highest BCUT2D eigenvalue weighted by molar-refractivity contribution is 5.85. The molecule has 0 saturated carbocycles. The van der Waals surface area contributed by atoms with Crippen LogP contribution in [0.3, 0.4) is 0 Å². The van der Waals surface area contributed by atoms with Gasteiger partial charge in [-0.2, -0.15) is 0 Å². The van der Waals surface area contributed by atoms with E-state index in [9.17, 15) is 4.79 Å². The van der Waals surface area contributed by atoms with Crippen molar-refractivity contribution in [2.45, 2.75) is 26.8 Å². The Labute approximate surface area is 120 Å². The third-order valence-corrected chi connectivity index (χ3v) is 3.48. The van der Waals surface area contributed by atoms with Crippen LogP contribution in [0.4, 0.5) is 11.4 Å². The molecule has 0 saturated heterocycles. The molecule has 0 aliphatic rings. The molecule has 0 aliphatic carbocycles. The van der Waals surface area contributed by atoms with Crippen LogP contribution in [-0.2, 0) is 0 Å². The predicted octanol–water partition coefficient (Wildman–Crippen LogP) is 2.48. The largest absolute Gasteiger partial charge is 0.417 e. The second kappa shape index (κ2) is 4.69. The summed E-state index contributed by atoms with van der Waals surface area (Å²) in [6.07, 6.45) is 0. The van der Waals surface area contributed by atoms with Crippen molar-refractivity contribution in [2.24, 2.45) is 0 Å². The number of nitrogens with two attached hydrogens (primary N) is 1. The van der Waals surface area contributed by atoms with E-state index < -0.39 is 5.76 Å². The fraction of sp³-hybridized carbons (Fsp3) is 0.286. The Hall–Kier alpha value is -2.70. The van der Waals surface area contributed by atoms with Crippen LogP contribution in [-0.4, -0.2) is 10.1 Å². The maximum atomic E-state index is 11.2. The molecule has 0 aliphatic heterocycles. The third-order valence-electron chi connectivity index (χ3n) is 3.48. The SMILES string of the molecule is Cc1noc(C)c1C(C)Nc1cc2[nH]c(=O)oc2cc1N. The van der Waals surface area contributed by atoms with Gasteiger partial charge in [0.2, 0.25) is 0 Å². The lowest BCUT2D eigenvalue weighted by Gasteiger charge is -2.16. The molecular weight excluding hydrogens is 272 g/mol. The molecule has 1 atom stereocenters. The number of nitrogens with one attached hydrogen (secondary N) is 2. The van der Waals surface area contributed by atoms with E-state index in [1.165, 1.54) is 0 Å². The summed E-state index contributed by atoms with van der Waals surface area (Å²) in [6.45, 7) is 5.76. The zero-order valence-electron chi connectivity index (χ0n) is 12.0. The molecule has 0 amide bonds. The van der Waals surface area contributed by atoms with Crippen molar-refractivity contribution in [3.05, 3.63) is 39.7 Å².